The summed E-state index contributed by atoms with van der Waals surface area (Å²) in [5.41, 5.74) is 0.0333. The maximum absolute atomic E-state index is 13.6. The number of anilines is 1. The van der Waals surface area contributed by atoms with Crippen LogP contribution in [0, 0.1) is 6.92 Å². The number of carbonyl (C=O) groups excluding carboxylic acids is 1. The van der Waals surface area contributed by atoms with Crippen LogP contribution in [0.15, 0.2) is 69.9 Å². The molecule has 0 radical (unpaired) electrons. The lowest BCUT2D eigenvalue weighted by Crippen LogP contribution is -2.29. The molecule has 3 aromatic carbocycles. The topological polar surface area (TPSA) is 50.5 Å². The van der Waals surface area contributed by atoms with Crippen LogP contribution in [-0.4, -0.2) is 5.91 Å². The van der Waals surface area contributed by atoms with Crippen LogP contribution in [-0.2, 0) is 6.18 Å². The lowest BCUT2D eigenvalue weighted by Gasteiger charge is -2.26. The third-order valence-corrected chi connectivity index (χ3v) is 6.48. The monoisotopic (exact) mass is 503 g/mol. The fourth-order valence-electron chi connectivity index (χ4n) is 4.18. The standard InChI is InChI=1S/C25H14Cl2F3NO3/c1-12-5-8-19-16(9-12)22(32)20-21(13-6-7-17(26)18(27)10-13)31(24(33)23(20)34-19)15-4-2-3-14(11-15)25(28,29)30/h2-11,21H,1H3. The minimum absolute atomic E-state index is 0.0268. The maximum Gasteiger partial charge on any atom is 0.416 e. The third-order valence-electron chi connectivity index (χ3n) is 5.74. The summed E-state index contributed by atoms with van der Waals surface area (Å²) in [5, 5.41) is 0.689. The molecular formula is C25H14Cl2F3NO3. The highest BCUT2D eigenvalue weighted by Crippen LogP contribution is 2.43. The van der Waals surface area contributed by atoms with Crippen molar-refractivity contribution in [1.82, 2.24) is 0 Å². The maximum atomic E-state index is 13.6. The predicted octanol–water partition coefficient (Wildman–Crippen LogP) is 7.18. The zero-order chi connectivity index (χ0) is 24.4. The Labute approximate surface area is 201 Å². The molecule has 0 saturated carbocycles. The van der Waals surface area contributed by atoms with Gasteiger partial charge in [-0.1, -0.05) is 47.0 Å². The van der Waals surface area contributed by atoms with Crippen LogP contribution in [0.4, 0.5) is 18.9 Å². The Morgan fingerprint density at radius 2 is 1.71 bits per heavy atom. The minimum atomic E-state index is -4.62. The third kappa shape index (κ3) is 3.56. The molecule has 1 aliphatic rings. The van der Waals surface area contributed by atoms with E-state index in [1.54, 1.807) is 24.3 Å². The minimum Gasteiger partial charge on any atom is -0.450 e. The van der Waals surface area contributed by atoms with Gasteiger partial charge in [0, 0.05) is 5.69 Å². The van der Waals surface area contributed by atoms with Gasteiger partial charge in [-0.05, 0) is 55.0 Å². The Hall–Kier alpha value is -3.29. The fourth-order valence-corrected chi connectivity index (χ4v) is 4.49. The van der Waals surface area contributed by atoms with Gasteiger partial charge in [0.05, 0.1) is 32.6 Å². The normalized spacial score (nSPS) is 15.8. The highest BCUT2D eigenvalue weighted by Gasteiger charge is 2.44. The number of nitrogens with zero attached hydrogens (tertiary/aromatic N) is 1. The number of hydrogen-bond donors (Lipinski definition) is 0. The van der Waals surface area contributed by atoms with Crippen molar-refractivity contribution in [3.05, 3.63) is 109 Å². The van der Waals surface area contributed by atoms with Gasteiger partial charge < -0.3 is 4.42 Å². The van der Waals surface area contributed by atoms with Crippen molar-refractivity contribution in [1.29, 1.82) is 0 Å². The van der Waals surface area contributed by atoms with Gasteiger partial charge in [0.1, 0.15) is 5.58 Å². The number of alkyl halides is 3. The zero-order valence-corrected chi connectivity index (χ0v) is 18.9. The van der Waals surface area contributed by atoms with Gasteiger partial charge in [0.2, 0.25) is 5.76 Å². The summed E-state index contributed by atoms with van der Waals surface area (Å²) in [6.07, 6.45) is -4.62. The van der Waals surface area contributed by atoms with Gasteiger partial charge in [-0.2, -0.15) is 13.2 Å². The van der Waals surface area contributed by atoms with Crippen LogP contribution in [0.3, 0.4) is 0 Å². The second-order valence-corrected chi connectivity index (χ2v) is 8.79. The van der Waals surface area contributed by atoms with Gasteiger partial charge in [-0.15, -0.1) is 0 Å². The lowest BCUT2D eigenvalue weighted by atomic mass is 9.97. The first-order valence-electron chi connectivity index (χ1n) is 10.1. The first-order valence-corrected chi connectivity index (χ1v) is 10.8. The molecule has 4 aromatic rings. The highest BCUT2D eigenvalue weighted by molar-refractivity contribution is 6.42. The zero-order valence-electron chi connectivity index (χ0n) is 17.4. The molecule has 5 rings (SSSR count). The van der Waals surface area contributed by atoms with Crippen molar-refractivity contribution in [3.8, 4) is 0 Å². The summed E-state index contributed by atoms with van der Waals surface area (Å²) < 4.78 is 46.1. The SMILES string of the molecule is Cc1ccc2oc3c(c(=O)c2c1)C(c1ccc(Cl)c(Cl)c1)N(c1cccc(C(F)(F)F)c1)C3=O. The van der Waals surface area contributed by atoms with E-state index in [0.717, 1.165) is 22.6 Å². The summed E-state index contributed by atoms with van der Waals surface area (Å²) in [4.78, 5) is 28.2. The molecule has 0 N–H and O–H groups in total. The molecule has 172 valence electrons. The number of carbonyl (C=O) groups is 1. The van der Waals surface area contributed by atoms with Crippen LogP contribution < -0.4 is 10.3 Å². The van der Waals surface area contributed by atoms with Crippen LogP contribution in [0.1, 0.15) is 38.9 Å². The number of halogens is 5. The Bertz CT molecular complexity index is 1550. The molecule has 9 heteroatoms. The molecule has 1 aliphatic heterocycles. The average molecular weight is 504 g/mol. The van der Waals surface area contributed by atoms with Crippen molar-refractivity contribution < 1.29 is 22.4 Å². The van der Waals surface area contributed by atoms with Crippen molar-refractivity contribution in [3.63, 3.8) is 0 Å². The van der Waals surface area contributed by atoms with Crippen LogP contribution in [0.2, 0.25) is 10.0 Å². The molecule has 0 fully saturated rings. The Balaban J connectivity index is 1.81. The number of hydrogen-bond acceptors (Lipinski definition) is 3. The van der Waals surface area contributed by atoms with E-state index in [0.29, 0.717) is 5.56 Å². The van der Waals surface area contributed by atoms with Crippen molar-refractivity contribution in [2.45, 2.75) is 19.1 Å². The second-order valence-electron chi connectivity index (χ2n) is 7.97. The van der Waals surface area contributed by atoms with Gasteiger partial charge in [-0.25, -0.2) is 0 Å². The molecule has 0 aliphatic carbocycles. The summed E-state index contributed by atoms with van der Waals surface area (Å²) >= 11 is 12.3. The van der Waals surface area contributed by atoms with Crippen molar-refractivity contribution >= 4 is 45.8 Å². The average Bonchev–Trinajstić information content (AvgIpc) is 3.08. The van der Waals surface area contributed by atoms with Gasteiger partial charge >= 0.3 is 6.18 Å². The van der Waals surface area contributed by atoms with E-state index in [1.165, 1.54) is 24.3 Å². The summed E-state index contributed by atoms with van der Waals surface area (Å²) in [6, 6.07) is 12.8. The van der Waals surface area contributed by atoms with Crippen LogP contribution in [0.5, 0.6) is 0 Å². The van der Waals surface area contributed by atoms with Gasteiger partial charge in [0.15, 0.2) is 5.43 Å². The quantitative estimate of drug-likeness (QED) is 0.291. The largest absolute Gasteiger partial charge is 0.450 e. The first kappa shape index (κ1) is 22.5. The molecule has 2 heterocycles. The molecule has 1 aromatic heterocycles. The molecule has 1 amide bonds. The fraction of sp³-hybridized carbons (Fsp3) is 0.120. The number of amides is 1. The molecular weight excluding hydrogens is 490 g/mol. The number of aryl methyl sites for hydroxylation is 1. The Morgan fingerprint density at radius 1 is 0.941 bits per heavy atom. The van der Waals surface area contributed by atoms with Gasteiger partial charge in [0.25, 0.3) is 5.91 Å². The van der Waals surface area contributed by atoms with E-state index >= 15 is 0 Å². The lowest BCUT2D eigenvalue weighted by molar-refractivity contribution is -0.137. The van der Waals surface area contributed by atoms with Gasteiger partial charge in [-0.3, -0.25) is 14.5 Å². The van der Waals surface area contributed by atoms with Crippen molar-refractivity contribution in [2.75, 3.05) is 4.90 Å². The van der Waals surface area contributed by atoms with E-state index in [-0.39, 0.29) is 38.0 Å². The number of benzene rings is 3. The summed E-state index contributed by atoms with van der Waals surface area (Å²) in [5.74, 6) is -0.959. The molecule has 34 heavy (non-hydrogen) atoms. The molecule has 4 nitrogen and oxygen atoms in total. The predicted molar refractivity (Wildman–Crippen MR) is 124 cm³/mol. The van der Waals surface area contributed by atoms with E-state index in [2.05, 4.69) is 0 Å². The van der Waals surface area contributed by atoms with Crippen LogP contribution >= 0.6 is 23.2 Å². The van der Waals surface area contributed by atoms with E-state index < -0.39 is 29.1 Å². The second kappa shape index (κ2) is 7.89. The first-order chi connectivity index (χ1) is 16.1. The summed E-state index contributed by atoms with van der Waals surface area (Å²) in [6.45, 7) is 1.81. The van der Waals surface area contributed by atoms with E-state index in [9.17, 15) is 22.8 Å². The molecule has 0 saturated heterocycles. The van der Waals surface area contributed by atoms with E-state index in [1.807, 2.05) is 6.92 Å². The molecule has 1 atom stereocenters. The van der Waals surface area contributed by atoms with Crippen molar-refractivity contribution in [2.24, 2.45) is 0 Å². The number of fused-ring (bicyclic) bond motifs is 2. The molecule has 0 bridgehead atoms. The molecule has 1 unspecified atom stereocenters. The molecule has 0 spiro atoms. The summed E-state index contributed by atoms with van der Waals surface area (Å²) in [7, 11) is 0. The Morgan fingerprint density at radius 3 is 2.41 bits per heavy atom. The smallest absolute Gasteiger partial charge is 0.416 e. The number of rotatable bonds is 2. The van der Waals surface area contributed by atoms with Crippen LogP contribution in [0.25, 0.3) is 11.0 Å². The Kier molecular flexibility index (Phi) is 5.22. The highest BCUT2D eigenvalue weighted by atomic mass is 35.5. The van der Waals surface area contributed by atoms with E-state index in [4.69, 9.17) is 27.6 Å².